The number of aryl methyl sites for hydroxylation is 2. The second-order valence-electron chi connectivity index (χ2n) is 6.64. The van der Waals surface area contributed by atoms with Gasteiger partial charge in [-0.25, -0.2) is 9.50 Å². The molecule has 136 valence electrons. The topological polar surface area (TPSA) is 72.2 Å². The molecular formula is C19H23N5OS. The quantitative estimate of drug-likeness (QED) is 0.689. The van der Waals surface area contributed by atoms with Gasteiger partial charge in [-0.3, -0.25) is 4.79 Å². The second-order valence-corrected chi connectivity index (χ2v) is 7.94. The number of hydrogen-bond donors (Lipinski definition) is 1. The van der Waals surface area contributed by atoms with E-state index >= 15 is 0 Å². The molecule has 1 N–H and O–H groups in total. The molecule has 26 heavy (non-hydrogen) atoms. The van der Waals surface area contributed by atoms with Crippen LogP contribution in [0, 0.1) is 13.8 Å². The highest BCUT2D eigenvalue weighted by Gasteiger charge is 2.19. The molecule has 2 aromatic heterocycles. The molecule has 3 rings (SSSR count). The molecule has 0 saturated carbocycles. The van der Waals surface area contributed by atoms with Crippen molar-refractivity contribution in [3.63, 3.8) is 0 Å². The largest absolute Gasteiger partial charge is 0.325 e. The minimum absolute atomic E-state index is 0.0668. The number of nitrogens with one attached hydrogen (secondary N) is 1. The fraction of sp³-hybridized carbons (Fsp3) is 0.368. The third-order valence-corrected chi connectivity index (χ3v) is 5.04. The maximum Gasteiger partial charge on any atom is 0.253 e. The molecule has 1 aromatic carbocycles. The molecule has 0 saturated heterocycles. The summed E-state index contributed by atoms with van der Waals surface area (Å²) in [5.41, 5.74) is 3.85. The van der Waals surface area contributed by atoms with E-state index in [1.54, 1.807) is 4.52 Å². The van der Waals surface area contributed by atoms with E-state index in [4.69, 9.17) is 0 Å². The van der Waals surface area contributed by atoms with Crippen molar-refractivity contribution >= 4 is 29.1 Å². The lowest BCUT2D eigenvalue weighted by molar-refractivity contribution is -0.115. The molecule has 1 unspecified atom stereocenters. The summed E-state index contributed by atoms with van der Waals surface area (Å²) in [6.07, 6.45) is 0. The number of hydrogen-bond acceptors (Lipinski definition) is 5. The summed E-state index contributed by atoms with van der Waals surface area (Å²) in [6, 6.07) is 9.85. The van der Waals surface area contributed by atoms with E-state index in [2.05, 4.69) is 34.2 Å². The molecule has 3 aromatic rings. The monoisotopic (exact) mass is 369 g/mol. The number of rotatable bonds is 5. The summed E-state index contributed by atoms with van der Waals surface area (Å²) < 4.78 is 1.70. The number of nitrogens with zero attached hydrogens (tertiary/aromatic N) is 4. The van der Waals surface area contributed by atoms with Gasteiger partial charge < -0.3 is 5.32 Å². The van der Waals surface area contributed by atoms with Crippen LogP contribution in [0.1, 0.15) is 43.6 Å². The van der Waals surface area contributed by atoms with Crippen molar-refractivity contribution < 1.29 is 4.79 Å². The average Bonchev–Trinajstić information content (AvgIpc) is 2.97. The van der Waals surface area contributed by atoms with E-state index in [-0.39, 0.29) is 11.2 Å². The maximum atomic E-state index is 12.6. The van der Waals surface area contributed by atoms with Crippen molar-refractivity contribution in [2.45, 2.75) is 50.9 Å². The van der Waals surface area contributed by atoms with Crippen molar-refractivity contribution in [2.75, 3.05) is 5.32 Å². The zero-order valence-electron chi connectivity index (χ0n) is 15.6. The van der Waals surface area contributed by atoms with E-state index in [1.807, 2.05) is 51.1 Å². The first kappa shape index (κ1) is 18.4. The molecule has 1 amide bonds. The van der Waals surface area contributed by atoms with Crippen LogP contribution in [0.15, 0.2) is 35.5 Å². The van der Waals surface area contributed by atoms with Crippen LogP contribution in [0.4, 0.5) is 5.69 Å². The molecule has 0 aliphatic heterocycles. The van der Waals surface area contributed by atoms with Crippen LogP contribution in [-0.4, -0.2) is 30.7 Å². The Morgan fingerprint density at radius 2 is 1.88 bits per heavy atom. The molecule has 0 aliphatic carbocycles. The molecule has 0 spiro atoms. The summed E-state index contributed by atoms with van der Waals surface area (Å²) in [5.74, 6) is 0.831. The van der Waals surface area contributed by atoms with Gasteiger partial charge in [-0.2, -0.15) is 4.98 Å². The van der Waals surface area contributed by atoms with E-state index in [0.717, 1.165) is 22.6 Å². The van der Waals surface area contributed by atoms with Crippen LogP contribution in [0.3, 0.4) is 0 Å². The summed E-state index contributed by atoms with van der Waals surface area (Å²) in [4.78, 5) is 21.4. The number of para-hydroxylation sites is 1. The number of anilines is 1. The van der Waals surface area contributed by atoms with Crippen LogP contribution < -0.4 is 5.32 Å². The number of benzene rings is 1. The van der Waals surface area contributed by atoms with Crippen LogP contribution in [0.25, 0.3) is 5.78 Å². The van der Waals surface area contributed by atoms with Crippen molar-refractivity contribution in [2.24, 2.45) is 0 Å². The van der Waals surface area contributed by atoms with Crippen LogP contribution in [-0.2, 0) is 4.79 Å². The number of fused-ring (bicyclic) bond motifs is 1. The minimum atomic E-state index is -0.325. The zero-order valence-corrected chi connectivity index (χ0v) is 16.5. The van der Waals surface area contributed by atoms with Gasteiger partial charge in [0.05, 0.1) is 5.25 Å². The minimum Gasteiger partial charge on any atom is -0.325 e. The van der Waals surface area contributed by atoms with Crippen LogP contribution in [0.2, 0.25) is 0 Å². The van der Waals surface area contributed by atoms with Gasteiger partial charge in [-0.1, -0.05) is 43.8 Å². The highest BCUT2D eigenvalue weighted by atomic mass is 32.2. The Bertz CT molecular complexity index is 950. The molecule has 1 atom stereocenters. The van der Waals surface area contributed by atoms with Crippen molar-refractivity contribution in [1.29, 1.82) is 0 Å². The molecule has 2 heterocycles. The zero-order chi connectivity index (χ0) is 18.8. The Morgan fingerprint density at radius 1 is 1.15 bits per heavy atom. The summed E-state index contributed by atoms with van der Waals surface area (Å²) in [7, 11) is 0. The van der Waals surface area contributed by atoms with Crippen LogP contribution >= 0.6 is 11.8 Å². The predicted molar refractivity (Wildman–Crippen MR) is 105 cm³/mol. The van der Waals surface area contributed by atoms with E-state index in [1.165, 1.54) is 11.8 Å². The fourth-order valence-electron chi connectivity index (χ4n) is 2.76. The van der Waals surface area contributed by atoms with Gasteiger partial charge in [0.25, 0.3) is 5.78 Å². The molecular weight excluding hydrogens is 346 g/mol. The third-order valence-electron chi connectivity index (χ3n) is 4.09. The summed E-state index contributed by atoms with van der Waals surface area (Å²) in [6.45, 7) is 9.97. The Morgan fingerprint density at radius 3 is 2.62 bits per heavy atom. The van der Waals surface area contributed by atoms with Gasteiger partial charge in [0, 0.05) is 17.1 Å². The molecule has 6 nitrogen and oxygen atoms in total. The number of carbonyl (C=O) groups excluding carboxylic acids is 1. The molecule has 0 aliphatic rings. The first-order chi connectivity index (χ1) is 12.3. The number of carbonyl (C=O) groups is 1. The molecule has 0 radical (unpaired) electrons. The summed E-state index contributed by atoms with van der Waals surface area (Å²) >= 11 is 1.33. The van der Waals surface area contributed by atoms with E-state index in [9.17, 15) is 4.79 Å². The fourth-order valence-corrected chi connectivity index (χ4v) is 3.50. The molecule has 7 heteroatoms. The third kappa shape index (κ3) is 3.88. The van der Waals surface area contributed by atoms with Gasteiger partial charge >= 0.3 is 0 Å². The Kier molecular flexibility index (Phi) is 5.27. The Labute approximate surface area is 157 Å². The van der Waals surface area contributed by atoms with Gasteiger partial charge in [0.15, 0.2) is 0 Å². The van der Waals surface area contributed by atoms with Crippen molar-refractivity contribution in [3.8, 4) is 0 Å². The lowest BCUT2D eigenvalue weighted by Crippen LogP contribution is -2.23. The Hall–Kier alpha value is -2.41. The first-order valence-electron chi connectivity index (χ1n) is 8.62. The number of aromatic nitrogens is 4. The van der Waals surface area contributed by atoms with Gasteiger partial charge in [0.2, 0.25) is 11.1 Å². The Balaban J connectivity index is 1.75. The lowest BCUT2D eigenvalue weighted by atomic mass is 10.0. The lowest BCUT2D eigenvalue weighted by Gasteiger charge is -2.15. The van der Waals surface area contributed by atoms with Gasteiger partial charge in [0.1, 0.15) is 0 Å². The normalized spacial score (nSPS) is 12.5. The standard InChI is InChI=1S/C19H23N5OS/c1-11(2)15-8-6-7-9-16(15)21-17(25)14(5)26-19-22-18-20-12(3)10-13(4)24(18)23-19/h6-11,14H,1-5H3,(H,21,25). The predicted octanol–water partition coefficient (Wildman–Crippen LogP) is 3.98. The van der Waals surface area contributed by atoms with Gasteiger partial charge in [-0.15, -0.1) is 5.10 Å². The van der Waals surface area contributed by atoms with Crippen molar-refractivity contribution in [3.05, 3.63) is 47.3 Å². The van der Waals surface area contributed by atoms with Crippen molar-refractivity contribution in [1.82, 2.24) is 19.6 Å². The smallest absolute Gasteiger partial charge is 0.253 e. The molecule has 0 bridgehead atoms. The highest BCUT2D eigenvalue weighted by Crippen LogP contribution is 2.26. The van der Waals surface area contributed by atoms with E-state index in [0.29, 0.717) is 16.9 Å². The van der Waals surface area contributed by atoms with Crippen LogP contribution in [0.5, 0.6) is 0 Å². The SMILES string of the molecule is Cc1cc(C)n2nc(SC(C)C(=O)Nc3ccccc3C(C)C)nc2n1. The molecule has 0 fully saturated rings. The summed E-state index contributed by atoms with van der Waals surface area (Å²) in [5, 5.41) is 7.71. The first-order valence-corrected chi connectivity index (χ1v) is 9.50. The number of thioether (sulfide) groups is 1. The second kappa shape index (κ2) is 7.45. The number of amides is 1. The van der Waals surface area contributed by atoms with Gasteiger partial charge in [-0.05, 0) is 44.4 Å². The van der Waals surface area contributed by atoms with E-state index < -0.39 is 0 Å². The maximum absolute atomic E-state index is 12.6. The average molecular weight is 369 g/mol. The highest BCUT2D eigenvalue weighted by molar-refractivity contribution is 8.00.